The molecule has 0 saturated carbocycles. The van der Waals surface area contributed by atoms with Crippen LogP contribution in [0.3, 0.4) is 0 Å². The molecule has 3 heterocycles. The van der Waals surface area contributed by atoms with E-state index in [2.05, 4.69) is 24.0 Å². The molecule has 3 aliphatic heterocycles. The van der Waals surface area contributed by atoms with Crippen molar-refractivity contribution < 1.29 is 13.2 Å². The highest BCUT2D eigenvalue weighted by atomic mass is 35.5. The van der Waals surface area contributed by atoms with Crippen LogP contribution in [-0.2, 0) is 16.4 Å². The number of hydrogen-bond donors (Lipinski definition) is 0. The highest BCUT2D eigenvalue weighted by Gasteiger charge is 2.45. The van der Waals surface area contributed by atoms with Gasteiger partial charge < -0.3 is 4.74 Å². The first kappa shape index (κ1) is 19.9. The molecule has 0 unspecified atom stereocenters. The van der Waals surface area contributed by atoms with Crippen LogP contribution in [0.1, 0.15) is 42.0 Å². The SMILES string of the molecule is COc1cc2c(cc1C)[C@H]1C[C@H]3[C@H](CCCN3S(C)(=O)=O)CN1CC2.Cl. The van der Waals surface area contributed by atoms with Crippen LogP contribution in [0.5, 0.6) is 5.75 Å². The van der Waals surface area contributed by atoms with Crippen molar-refractivity contribution in [2.45, 2.75) is 44.7 Å². The maximum absolute atomic E-state index is 12.3. The van der Waals surface area contributed by atoms with Gasteiger partial charge in [0.2, 0.25) is 10.0 Å². The third-order valence-electron chi connectivity index (χ3n) is 6.35. The molecule has 0 aromatic heterocycles. The molecule has 0 N–H and O–H groups in total. The molecule has 26 heavy (non-hydrogen) atoms. The van der Waals surface area contributed by atoms with Gasteiger partial charge in [0.05, 0.1) is 13.4 Å². The summed E-state index contributed by atoms with van der Waals surface area (Å²) >= 11 is 0. The largest absolute Gasteiger partial charge is 0.496 e. The number of sulfonamides is 1. The zero-order chi connectivity index (χ0) is 17.8. The fraction of sp³-hybridized carbons (Fsp3) is 0.684. The number of rotatable bonds is 2. The number of halogens is 1. The maximum atomic E-state index is 12.3. The Morgan fingerprint density at radius 3 is 2.69 bits per heavy atom. The van der Waals surface area contributed by atoms with Gasteiger partial charge in [0.25, 0.3) is 0 Å². The Morgan fingerprint density at radius 1 is 1.23 bits per heavy atom. The molecule has 1 aromatic rings. The Labute approximate surface area is 163 Å². The fourth-order valence-electron chi connectivity index (χ4n) is 5.18. The summed E-state index contributed by atoms with van der Waals surface area (Å²) < 4.78 is 31.8. The zero-order valence-electron chi connectivity index (χ0n) is 15.8. The Bertz CT molecular complexity index is 783. The smallest absolute Gasteiger partial charge is 0.211 e. The fourth-order valence-corrected chi connectivity index (χ4v) is 6.39. The lowest BCUT2D eigenvalue weighted by Gasteiger charge is -2.51. The monoisotopic (exact) mass is 400 g/mol. The number of nitrogens with zero attached hydrogens (tertiary/aromatic N) is 2. The molecule has 3 atom stereocenters. The second kappa shape index (κ2) is 7.30. The summed E-state index contributed by atoms with van der Waals surface area (Å²) in [4.78, 5) is 2.58. The van der Waals surface area contributed by atoms with Crippen LogP contribution in [-0.4, -0.2) is 56.7 Å². The van der Waals surface area contributed by atoms with E-state index in [1.807, 2.05) is 0 Å². The molecular weight excluding hydrogens is 372 g/mol. The Morgan fingerprint density at radius 2 is 2.00 bits per heavy atom. The summed E-state index contributed by atoms with van der Waals surface area (Å²) in [6, 6.07) is 4.93. The van der Waals surface area contributed by atoms with Crippen molar-refractivity contribution >= 4 is 22.4 Å². The van der Waals surface area contributed by atoms with Gasteiger partial charge in [0.1, 0.15) is 5.75 Å². The van der Waals surface area contributed by atoms with Crippen LogP contribution < -0.4 is 4.74 Å². The predicted octanol–water partition coefficient (Wildman–Crippen LogP) is 2.77. The van der Waals surface area contributed by atoms with Gasteiger partial charge in [-0.1, -0.05) is 6.07 Å². The van der Waals surface area contributed by atoms with Crippen molar-refractivity contribution in [1.82, 2.24) is 9.21 Å². The van der Waals surface area contributed by atoms with Gasteiger partial charge in [-0.3, -0.25) is 4.90 Å². The number of ether oxygens (including phenoxy) is 1. The third-order valence-corrected chi connectivity index (χ3v) is 7.66. The molecule has 0 aliphatic carbocycles. The van der Waals surface area contributed by atoms with Crippen molar-refractivity contribution in [2.75, 3.05) is 33.0 Å². The van der Waals surface area contributed by atoms with Gasteiger partial charge in [-0.15, -0.1) is 12.4 Å². The summed E-state index contributed by atoms with van der Waals surface area (Å²) in [5.41, 5.74) is 3.90. The first-order valence-corrected chi connectivity index (χ1v) is 11.1. The first-order valence-electron chi connectivity index (χ1n) is 9.26. The number of aryl methyl sites for hydroxylation is 1. The Hall–Kier alpha value is -0.820. The molecule has 0 amide bonds. The predicted molar refractivity (Wildman–Crippen MR) is 106 cm³/mol. The Balaban J connectivity index is 0.00000196. The van der Waals surface area contributed by atoms with E-state index in [1.165, 1.54) is 17.4 Å². The van der Waals surface area contributed by atoms with Gasteiger partial charge in [0.15, 0.2) is 0 Å². The molecule has 1 aromatic carbocycles. The molecule has 4 rings (SSSR count). The highest BCUT2D eigenvalue weighted by molar-refractivity contribution is 7.88. The molecule has 3 aliphatic rings. The molecule has 7 heteroatoms. The van der Waals surface area contributed by atoms with Crippen molar-refractivity contribution in [3.63, 3.8) is 0 Å². The molecule has 0 bridgehead atoms. The maximum Gasteiger partial charge on any atom is 0.211 e. The van der Waals surface area contributed by atoms with Gasteiger partial charge >= 0.3 is 0 Å². The lowest BCUT2D eigenvalue weighted by atomic mass is 9.77. The van der Waals surface area contributed by atoms with Crippen molar-refractivity contribution in [2.24, 2.45) is 5.92 Å². The van der Waals surface area contributed by atoms with Crippen LogP contribution in [0, 0.1) is 12.8 Å². The van der Waals surface area contributed by atoms with E-state index in [9.17, 15) is 8.42 Å². The molecular formula is C19H29ClN2O3S. The molecule has 0 spiro atoms. The zero-order valence-corrected chi connectivity index (χ0v) is 17.4. The van der Waals surface area contributed by atoms with Crippen LogP contribution >= 0.6 is 12.4 Å². The van der Waals surface area contributed by atoms with E-state index in [1.54, 1.807) is 11.4 Å². The summed E-state index contributed by atoms with van der Waals surface area (Å²) in [6.45, 7) is 4.85. The number of hydrogen-bond acceptors (Lipinski definition) is 4. The summed E-state index contributed by atoms with van der Waals surface area (Å²) in [5, 5.41) is 0. The lowest BCUT2D eigenvalue weighted by Crippen LogP contribution is -2.57. The van der Waals surface area contributed by atoms with Crippen molar-refractivity contribution in [3.05, 3.63) is 28.8 Å². The molecule has 2 fully saturated rings. The van der Waals surface area contributed by atoms with E-state index in [0.717, 1.165) is 50.1 Å². The first-order chi connectivity index (χ1) is 11.9. The number of fused-ring (bicyclic) bond motifs is 4. The topological polar surface area (TPSA) is 49.9 Å². The minimum Gasteiger partial charge on any atom is -0.496 e. The minimum absolute atomic E-state index is 0. The number of benzene rings is 1. The van der Waals surface area contributed by atoms with Crippen LogP contribution in [0.4, 0.5) is 0 Å². The average molecular weight is 401 g/mol. The Kier molecular flexibility index (Phi) is 5.60. The van der Waals surface area contributed by atoms with E-state index in [-0.39, 0.29) is 18.4 Å². The van der Waals surface area contributed by atoms with Gasteiger partial charge in [-0.25, -0.2) is 8.42 Å². The molecule has 5 nitrogen and oxygen atoms in total. The van der Waals surface area contributed by atoms with E-state index >= 15 is 0 Å². The second-order valence-corrected chi connectivity index (χ2v) is 9.80. The average Bonchev–Trinajstić information content (AvgIpc) is 2.58. The van der Waals surface area contributed by atoms with Crippen LogP contribution in [0.15, 0.2) is 12.1 Å². The minimum atomic E-state index is -3.14. The van der Waals surface area contributed by atoms with Crippen molar-refractivity contribution in [1.29, 1.82) is 0 Å². The quantitative estimate of drug-likeness (QED) is 0.765. The van der Waals surface area contributed by atoms with Crippen LogP contribution in [0.2, 0.25) is 0 Å². The summed E-state index contributed by atoms with van der Waals surface area (Å²) in [7, 11) is -1.41. The summed E-state index contributed by atoms with van der Waals surface area (Å²) in [6.07, 6.45) is 5.46. The van der Waals surface area contributed by atoms with Crippen molar-refractivity contribution in [3.8, 4) is 5.75 Å². The van der Waals surface area contributed by atoms with E-state index in [0.29, 0.717) is 18.5 Å². The second-order valence-electron chi connectivity index (χ2n) is 7.86. The van der Waals surface area contributed by atoms with E-state index in [4.69, 9.17) is 4.74 Å². The van der Waals surface area contributed by atoms with Crippen LogP contribution in [0.25, 0.3) is 0 Å². The lowest BCUT2D eigenvalue weighted by molar-refractivity contribution is 0.0222. The van der Waals surface area contributed by atoms with Gasteiger partial charge in [-0.2, -0.15) is 4.31 Å². The molecule has 2 saturated heterocycles. The van der Waals surface area contributed by atoms with Gasteiger partial charge in [0, 0.05) is 31.7 Å². The normalized spacial score (nSPS) is 29.1. The number of piperidine rings is 2. The molecule has 146 valence electrons. The highest BCUT2D eigenvalue weighted by Crippen LogP contribution is 2.44. The number of methoxy groups -OCH3 is 1. The van der Waals surface area contributed by atoms with E-state index < -0.39 is 10.0 Å². The molecule has 0 radical (unpaired) electrons. The summed E-state index contributed by atoms with van der Waals surface area (Å²) in [5.74, 6) is 1.43. The standard InChI is InChI=1S/C19H28N2O3S.ClH/c1-13-9-16-14(10-19(13)24-2)6-8-20-12-15-5-4-7-21(25(3,22)23)17(15)11-18(16)20;/h9-10,15,17-18H,4-8,11-12H2,1-3H3;1H/t15-,17+,18-;/m1./s1. The third kappa shape index (κ3) is 3.37. The van der Waals surface area contributed by atoms with Gasteiger partial charge in [-0.05, 0) is 61.3 Å².